The van der Waals surface area contributed by atoms with E-state index >= 15 is 0 Å². The largest absolute Gasteiger partial charge is 0.496 e. The molecule has 0 aliphatic rings. The van der Waals surface area contributed by atoms with Gasteiger partial charge in [-0.15, -0.1) is 0 Å². The average molecular weight is 283 g/mol. The Hall–Kier alpha value is -1.02. The number of benzene rings is 1. The molecule has 1 atom stereocenters. The number of methoxy groups -OCH3 is 1. The highest BCUT2D eigenvalue weighted by molar-refractivity contribution is 6.31. The van der Waals surface area contributed by atoms with Crippen LogP contribution in [0.5, 0.6) is 5.75 Å². The van der Waals surface area contributed by atoms with Crippen LogP contribution in [0.1, 0.15) is 44.2 Å². The van der Waals surface area contributed by atoms with Gasteiger partial charge in [0.05, 0.1) is 7.11 Å². The molecule has 19 heavy (non-hydrogen) atoms. The lowest BCUT2D eigenvalue weighted by molar-refractivity contribution is -0.119. The smallest absolute Gasteiger partial charge is 0.133 e. The lowest BCUT2D eigenvalue weighted by Crippen LogP contribution is -2.08. The van der Waals surface area contributed by atoms with Crippen molar-refractivity contribution in [3.8, 4) is 5.75 Å². The second kappa shape index (κ2) is 7.54. The van der Waals surface area contributed by atoms with E-state index in [2.05, 4.69) is 6.92 Å². The lowest BCUT2D eigenvalue weighted by atomic mass is 9.94. The first kappa shape index (κ1) is 16.0. The van der Waals surface area contributed by atoms with Crippen molar-refractivity contribution in [1.29, 1.82) is 0 Å². The molecule has 3 heteroatoms. The van der Waals surface area contributed by atoms with Crippen LogP contribution in [0.4, 0.5) is 0 Å². The van der Waals surface area contributed by atoms with Crippen LogP contribution >= 0.6 is 11.6 Å². The molecule has 0 aromatic heterocycles. The maximum atomic E-state index is 11.7. The maximum Gasteiger partial charge on any atom is 0.133 e. The molecule has 0 radical (unpaired) electrons. The molecule has 1 unspecified atom stereocenters. The Labute approximate surface area is 121 Å². The second-order valence-electron chi connectivity index (χ2n) is 5.22. The molecular formula is C16H23ClO2. The highest BCUT2D eigenvalue weighted by atomic mass is 35.5. The van der Waals surface area contributed by atoms with Gasteiger partial charge in [-0.3, -0.25) is 4.79 Å². The lowest BCUT2D eigenvalue weighted by Gasteiger charge is -2.15. The van der Waals surface area contributed by atoms with Crippen LogP contribution in [0.15, 0.2) is 12.1 Å². The van der Waals surface area contributed by atoms with Crippen molar-refractivity contribution in [1.82, 2.24) is 0 Å². The Morgan fingerprint density at radius 2 is 2.11 bits per heavy atom. The third-order valence-corrected chi connectivity index (χ3v) is 3.64. The molecule has 1 rings (SSSR count). The van der Waals surface area contributed by atoms with Crippen LogP contribution in [-0.4, -0.2) is 12.9 Å². The molecule has 0 amide bonds. The number of rotatable bonds is 7. The summed E-state index contributed by atoms with van der Waals surface area (Å²) >= 11 is 6.16. The van der Waals surface area contributed by atoms with E-state index in [1.807, 2.05) is 26.0 Å². The molecule has 0 aliphatic carbocycles. The second-order valence-corrected chi connectivity index (χ2v) is 5.62. The van der Waals surface area contributed by atoms with Crippen LogP contribution in [0.2, 0.25) is 5.02 Å². The fourth-order valence-electron chi connectivity index (χ4n) is 2.26. The van der Waals surface area contributed by atoms with Crippen LogP contribution in [0.3, 0.4) is 0 Å². The maximum absolute atomic E-state index is 11.7. The van der Waals surface area contributed by atoms with Crippen molar-refractivity contribution in [3.63, 3.8) is 0 Å². The number of hydrogen-bond donors (Lipinski definition) is 0. The van der Waals surface area contributed by atoms with E-state index in [0.717, 1.165) is 34.7 Å². The number of carbonyl (C=O) groups is 1. The molecule has 106 valence electrons. The molecule has 1 aromatic carbocycles. The molecular weight excluding hydrogens is 260 g/mol. The first-order chi connectivity index (χ1) is 8.97. The van der Waals surface area contributed by atoms with Gasteiger partial charge in [-0.25, -0.2) is 0 Å². The predicted molar refractivity (Wildman–Crippen MR) is 80.1 cm³/mol. The fourth-order valence-corrected chi connectivity index (χ4v) is 2.45. The molecule has 0 heterocycles. The summed E-state index contributed by atoms with van der Waals surface area (Å²) in [6, 6.07) is 3.91. The molecule has 0 fully saturated rings. The van der Waals surface area contributed by atoms with Gasteiger partial charge in [0, 0.05) is 17.9 Å². The number of ether oxygens (including phenoxy) is 1. The molecule has 0 N–H and O–H groups in total. The number of halogens is 1. The van der Waals surface area contributed by atoms with Crippen LogP contribution in [0, 0.1) is 12.8 Å². The Bertz CT molecular complexity index is 441. The Balaban J connectivity index is 2.75. The van der Waals surface area contributed by atoms with Gasteiger partial charge in [0.1, 0.15) is 11.5 Å². The zero-order valence-electron chi connectivity index (χ0n) is 12.3. The minimum absolute atomic E-state index is 0.312. The third kappa shape index (κ3) is 4.87. The van der Waals surface area contributed by atoms with Gasteiger partial charge in [-0.1, -0.05) is 25.4 Å². The van der Waals surface area contributed by atoms with Crippen molar-refractivity contribution in [2.45, 2.75) is 46.5 Å². The van der Waals surface area contributed by atoms with E-state index in [-0.39, 0.29) is 0 Å². The zero-order valence-corrected chi connectivity index (χ0v) is 13.0. The van der Waals surface area contributed by atoms with Crippen LogP contribution in [-0.2, 0) is 11.2 Å². The van der Waals surface area contributed by atoms with Crippen molar-refractivity contribution < 1.29 is 9.53 Å². The van der Waals surface area contributed by atoms with E-state index < -0.39 is 0 Å². The number of aryl methyl sites for hydroxylation is 1. The molecule has 1 aromatic rings. The highest BCUT2D eigenvalue weighted by Gasteiger charge is 2.13. The van der Waals surface area contributed by atoms with Gasteiger partial charge >= 0.3 is 0 Å². The molecule has 0 aliphatic heterocycles. The Morgan fingerprint density at radius 1 is 1.42 bits per heavy atom. The van der Waals surface area contributed by atoms with E-state index in [0.29, 0.717) is 24.5 Å². The molecule has 0 bridgehead atoms. The standard InChI is InChI=1S/C16H23ClO2/c1-5-6-14(18)8-11(2)7-13-10-15(17)12(3)9-16(13)19-4/h9-11H,5-8H2,1-4H3. The predicted octanol–water partition coefficient (Wildman–Crippen LogP) is 4.59. The molecule has 2 nitrogen and oxygen atoms in total. The molecule has 0 spiro atoms. The number of Topliss-reactive ketones (excluding diaryl/α,β-unsaturated/α-hetero) is 1. The molecule has 0 saturated heterocycles. The quantitative estimate of drug-likeness (QED) is 0.731. The summed E-state index contributed by atoms with van der Waals surface area (Å²) in [6.45, 7) is 6.09. The van der Waals surface area contributed by atoms with Gasteiger partial charge in [-0.2, -0.15) is 0 Å². The van der Waals surface area contributed by atoms with Crippen molar-refractivity contribution in [2.24, 2.45) is 5.92 Å². The van der Waals surface area contributed by atoms with Crippen LogP contribution in [0.25, 0.3) is 0 Å². The van der Waals surface area contributed by atoms with Crippen molar-refractivity contribution in [2.75, 3.05) is 7.11 Å². The monoisotopic (exact) mass is 282 g/mol. The Kier molecular flexibility index (Phi) is 6.36. The van der Waals surface area contributed by atoms with Gasteiger partial charge < -0.3 is 4.74 Å². The third-order valence-electron chi connectivity index (χ3n) is 3.24. The first-order valence-electron chi connectivity index (χ1n) is 6.82. The van der Waals surface area contributed by atoms with Gasteiger partial charge in [0.2, 0.25) is 0 Å². The van der Waals surface area contributed by atoms with Crippen LogP contribution < -0.4 is 4.74 Å². The topological polar surface area (TPSA) is 26.3 Å². The van der Waals surface area contributed by atoms with Gasteiger partial charge in [-0.05, 0) is 48.9 Å². The fraction of sp³-hybridized carbons (Fsp3) is 0.562. The summed E-state index contributed by atoms with van der Waals surface area (Å²) in [5.74, 6) is 1.51. The summed E-state index contributed by atoms with van der Waals surface area (Å²) in [5, 5.41) is 0.753. The summed E-state index contributed by atoms with van der Waals surface area (Å²) in [5.41, 5.74) is 2.09. The number of hydrogen-bond acceptors (Lipinski definition) is 2. The highest BCUT2D eigenvalue weighted by Crippen LogP contribution is 2.29. The van der Waals surface area contributed by atoms with Crippen molar-refractivity contribution >= 4 is 17.4 Å². The van der Waals surface area contributed by atoms with E-state index in [1.54, 1.807) is 7.11 Å². The summed E-state index contributed by atoms with van der Waals surface area (Å²) in [6.07, 6.45) is 3.04. The number of carbonyl (C=O) groups excluding carboxylic acids is 1. The summed E-state index contributed by atoms with van der Waals surface area (Å²) in [7, 11) is 1.67. The van der Waals surface area contributed by atoms with E-state index in [9.17, 15) is 4.79 Å². The van der Waals surface area contributed by atoms with Gasteiger partial charge in [0.15, 0.2) is 0 Å². The summed E-state index contributed by atoms with van der Waals surface area (Å²) in [4.78, 5) is 11.7. The normalized spacial score (nSPS) is 12.3. The van der Waals surface area contributed by atoms with Crippen molar-refractivity contribution in [3.05, 3.63) is 28.3 Å². The average Bonchev–Trinajstić information content (AvgIpc) is 2.33. The van der Waals surface area contributed by atoms with Gasteiger partial charge in [0.25, 0.3) is 0 Å². The summed E-state index contributed by atoms with van der Waals surface area (Å²) < 4.78 is 5.39. The molecule has 0 saturated carbocycles. The van der Waals surface area contributed by atoms with E-state index in [4.69, 9.17) is 16.3 Å². The zero-order chi connectivity index (χ0) is 14.4. The number of ketones is 1. The minimum Gasteiger partial charge on any atom is -0.496 e. The Morgan fingerprint density at radius 3 is 2.68 bits per heavy atom. The first-order valence-corrected chi connectivity index (χ1v) is 7.20. The van der Waals surface area contributed by atoms with E-state index in [1.165, 1.54) is 0 Å². The SMILES string of the molecule is CCCC(=O)CC(C)Cc1cc(Cl)c(C)cc1OC. The minimum atomic E-state index is 0.312.